The lowest BCUT2D eigenvalue weighted by Gasteiger charge is -2.08. The number of hydrogen-bond acceptors (Lipinski definition) is 2. The molecule has 0 radical (unpaired) electrons. The molecule has 0 spiro atoms. The van der Waals surface area contributed by atoms with Crippen molar-refractivity contribution in [1.29, 1.82) is 0 Å². The summed E-state index contributed by atoms with van der Waals surface area (Å²) in [7, 11) is 0. The summed E-state index contributed by atoms with van der Waals surface area (Å²) in [5.41, 5.74) is -0.0221. The van der Waals surface area contributed by atoms with Gasteiger partial charge in [-0.25, -0.2) is 0 Å². The summed E-state index contributed by atoms with van der Waals surface area (Å²) in [5, 5.41) is 1.64. The first-order valence-corrected chi connectivity index (χ1v) is 6.38. The van der Waals surface area contributed by atoms with Gasteiger partial charge in [0.2, 0.25) is 0 Å². The largest absolute Gasteiger partial charge is 0.361 e. The van der Waals surface area contributed by atoms with Crippen LogP contribution in [0.25, 0.3) is 10.8 Å². The molecule has 4 heteroatoms. The number of benzene rings is 1. The smallest absolute Gasteiger partial charge is 0.261 e. The zero-order valence-corrected chi connectivity index (χ0v) is 11.2. The number of ether oxygens (including phenoxy) is 1. The SMILES string of the molecule is CCCOCn1ccc2cccc(Br)c2c1=O. The molecule has 0 aliphatic carbocycles. The van der Waals surface area contributed by atoms with Crippen LogP contribution in [0.1, 0.15) is 13.3 Å². The third-order valence-corrected chi connectivity index (χ3v) is 3.19. The van der Waals surface area contributed by atoms with Gasteiger partial charge in [0.15, 0.2) is 0 Å². The van der Waals surface area contributed by atoms with Crippen LogP contribution in [0.15, 0.2) is 39.7 Å². The summed E-state index contributed by atoms with van der Waals surface area (Å²) in [5.74, 6) is 0. The normalized spacial score (nSPS) is 10.9. The van der Waals surface area contributed by atoms with Crippen molar-refractivity contribution in [3.63, 3.8) is 0 Å². The van der Waals surface area contributed by atoms with Gasteiger partial charge in [0, 0.05) is 17.3 Å². The summed E-state index contributed by atoms with van der Waals surface area (Å²) < 4.78 is 7.80. The molecule has 0 unspecified atom stereocenters. The van der Waals surface area contributed by atoms with Gasteiger partial charge in [0.25, 0.3) is 5.56 Å². The number of hydrogen-bond donors (Lipinski definition) is 0. The van der Waals surface area contributed by atoms with Gasteiger partial charge < -0.3 is 4.74 Å². The molecule has 0 aliphatic rings. The summed E-state index contributed by atoms with van der Waals surface area (Å²) in [6.07, 6.45) is 2.72. The van der Waals surface area contributed by atoms with Crippen LogP contribution >= 0.6 is 15.9 Å². The predicted molar refractivity (Wildman–Crippen MR) is 72.2 cm³/mol. The fourth-order valence-electron chi connectivity index (χ4n) is 1.70. The molecule has 0 atom stereocenters. The predicted octanol–water partition coefficient (Wildman–Crippen LogP) is 3.15. The van der Waals surface area contributed by atoms with Gasteiger partial charge in [0.1, 0.15) is 6.73 Å². The molecule has 1 aromatic carbocycles. The monoisotopic (exact) mass is 295 g/mol. The molecule has 17 heavy (non-hydrogen) atoms. The van der Waals surface area contributed by atoms with Gasteiger partial charge in [-0.1, -0.05) is 19.1 Å². The maximum absolute atomic E-state index is 12.2. The number of aromatic nitrogens is 1. The Kier molecular flexibility index (Phi) is 3.97. The third-order valence-electron chi connectivity index (χ3n) is 2.53. The molecule has 1 heterocycles. The topological polar surface area (TPSA) is 31.2 Å². The van der Waals surface area contributed by atoms with Gasteiger partial charge >= 0.3 is 0 Å². The minimum atomic E-state index is -0.0221. The van der Waals surface area contributed by atoms with Crippen molar-refractivity contribution in [2.24, 2.45) is 0 Å². The van der Waals surface area contributed by atoms with E-state index in [2.05, 4.69) is 15.9 Å². The van der Waals surface area contributed by atoms with E-state index in [9.17, 15) is 4.79 Å². The summed E-state index contributed by atoms with van der Waals surface area (Å²) in [6, 6.07) is 7.65. The van der Waals surface area contributed by atoms with E-state index in [4.69, 9.17) is 4.74 Å². The molecule has 0 saturated carbocycles. The summed E-state index contributed by atoms with van der Waals surface area (Å²) in [6.45, 7) is 3.02. The number of fused-ring (bicyclic) bond motifs is 1. The van der Waals surface area contributed by atoms with Crippen LogP contribution in [-0.2, 0) is 11.5 Å². The molecule has 0 fully saturated rings. The Labute approximate surface area is 108 Å². The first-order chi connectivity index (χ1) is 8.24. The lowest BCUT2D eigenvalue weighted by Crippen LogP contribution is -2.21. The number of halogens is 1. The van der Waals surface area contributed by atoms with Crippen LogP contribution in [0, 0.1) is 0 Å². The lowest BCUT2D eigenvalue weighted by atomic mass is 10.2. The molecule has 0 saturated heterocycles. The number of pyridine rings is 1. The van der Waals surface area contributed by atoms with E-state index < -0.39 is 0 Å². The fourth-order valence-corrected chi connectivity index (χ4v) is 2.25. The zero-order chi connectivity index (χ0) is 12.3. The number of rotatable bonds is 4. The Balaban J connectivity index is 2.43. The number of nitrogens with zero attached hydrogens (tertiary/aromatic N) is 1. The second-order valence-electron chi connectivity index (χ2n) is 3.83. The van der Waals surface area contributed by atoms with E-state index in [1.54, 1.807) is 10.8 Å². The molecule has 0 amide bonds. The second-order valence-corrected chi connectivity index (χ2v) is 4.69. The van der Waals surface area contributed by atoms with Gasteiger partial charge in [-0.3, -0.25) is 9.36 Å². The molecule has 2 rings (SSSR count). The van der Waals surface area contributed by atoms with Crippen molar-refractivity contribution >= 4 is 26.7 Å². The Hall–Kier alpha value is -1.13. The fraction of sp³-hybridized carbons (Fsp3) is 0.308. The van der Waals surface area contributed by atoms with Gasteiger partial charge in [-0.05, 0) is 39.9 Å². The molecule has 0 N–H and O–H groups in total. The standard InChI is InChI=1S/C13H14BrNO2/c1-2-8-17-9-15-7-6-10-4-3-5-11(14)12(10)13(15)16/h3-7H,2,8-9H2,1H3. The molecule has 2 aromatic rings. The van der Waals surface area contributed by atoms with Crippen LogP contribution in [-0.4, -0.2) is 11.2 Å². The average molecular weight is 296 g/mol. The van der Waals surface area contributed by atoms with Gasteiger partial charge in [-0.2, -0.15) is 0 Å². The molecular weight excluding hydrogens is 282 g/mol. The quantitative estimate of drug-likeness (QED) is 0.812. The van der Waals surface area contributed by atoms with Crippen LogP contribution in [0.3, 0.4) is 0 Å². The van der Waals surface area contributed by atoms with Gasteiger partial charge in [0.05, 0.1) is 5.39 Å². The highest BCUT2D eigenvalue weighted by molar-refractivity contribution is 9.10. The van der Waals surface area contributed by atoms with Crippen molar-refractivity contribution in [3.8, 4) is 0 Å². The Morgan fingerprint density at radius 1 is 1.35 bits per heavy atom. The highest BCUT2D eigenvalue weighted by Crippen LogP contribution is 2.19. The second kappa shape index (κ2) is 5.47. The van der Waals surface area contributed by atoms with Crippen LogP contribution in [0.4, 0.5) is 0 Å². The Morgan fingerprint density at radius 2 is 2.18 bits per heavy atom. The lowest BCUT2D eigenvalue weighted by molar-refractivity contribution is 0.0755. The maximum atomic E-state index is 12.2. The van der Waals surface area contributed by atoms with Crippen LogP contribution in [0.5, 0.6) is 0 Å². The first kappa shape index (κ1) is 12.3. The maximum Gasteiger partial charge on any atom is 0.261 e. The van der Waals surface area contributed by atoms with E-state index >= 15 is 0 Å². The zero-order valence-electron chi connectivity index (χ0n) is 9.65. The van der Waals surface area contributed by atoms with Crippen molar-refractivity contribution in [1.82, 2.24) is 4.57 Å². The van der Waals surface area contributed by atoms with E-state index in [1.165, 1.54) is 0 Å². The van der Waals surface area contributed by atoms with Crippen molar-refractivity contribution in [2.45, 2.75) is 20.1 Å². The van der Waals surface area contributed by atoms with Crippen molar-refractivity contribution in [2.75, 3.05) is 6.61 Å². The molecule has 0 bridgehead atoms. The van der Waals surface area contributed by atoms with Crippen LogP contribution < -0.4 is 5.56 Å². The minimum Gasteiger partial charge on any atom is -0.361 e. The van der Waals surface area contributed by atoms with Gasteiger partial charge in [-0.15, -0.1) is 0 Å². The Morgan fingerprint density at radius 3 is 2.94 bits per heavy atom. The van der Waals surface area contributed by atoms with E-state index in [0.29, 0.717) is 18.7 Å². The minimum absolute atomic E-state index is 0.0221. The summed E-state index contributed by atoms with van der Waals surface area (Å²) >= 11 is 3.41. The van der Waals surface area contributed by atoms with E-state index in [1.807, 2.05) is 31.2 Å². The van der Waals surface area contributed by atoms with E-state index in [-0.39, 0.29) is 5.56 Å². The third kappa shape index (κ3) is 2.58. The van der Waals surface area contributed by atoms with Crippen molar-refractivity contribution < 1.29 is 4.74 Å². The molecular formula is C13H14BrNO2. The molecule has 0 aliphatic heterocycles. The first-order valence-electron chi connectivity index (χ1n) is 5.59. The van der Waals surface area contributed by atoms with Crippen molar-refractivity contribution in [3.05, 3.63) is 45.3 Å². The average Bonchev–Trinajstić information content (AvgIpc) is 2.32. The molecule has 1 aromatic heterocycles. The van der Waals surface area contributed by atoms with Crippen LogP contribution in [0.2, 0.25) is 0 Å². The highest BCUT2D eigenvalue weighted by atomic mass is 79.9. The Bertz CT molecular complexity index is 577. The molecule has 90 valence electrons. The van der Waals surface area contributed by atoms with E-state index in [0.717, 1.165) is 16.3 Å². The molecule has 3 nitrogen and oxygen atoms in total. The summed E-state index contributed by atoms with van der Waals surface area (Å²) in [4.78, 5) is 12.2. The highest BCUT2D eigenvalue weighted by Gasteiger charge is 2.05.